The van der Waals surface area contributed by atoms with Gasteiger partial charge in [0.05, 0.1) is 0 Å². The molecule has 2 aliphatic rings. The van der Waals surface area contributed by atoms with Crippen molar-refractivity contribution < 1.29 is 9.21 Å². The molecule has 1 aromatic heterocycles. The third-order valence-corrected chi connectivity index (χ3v) is 5.38. The van der Waals surface area contributed by atoms with Crippen molar-refractivity contribution in [3.05, 3.63) is 24.3 Å². The van der Waals surface area contributed by atoms with Crippen molar-refractivity contribution >= 4 is 47.8 Å². The number of piperidine rings is 2. The first kappa shape index (κ1) is 21.8. The first-order chi connectivity index (χ1) is 12.3. The quantitative estimate of drug-likeness (QED) is 0.804. The third kappa shape index (κ3) is 5.27. The van der Waals surface area contributed by atoms with Crippen LogP contribution < -0.4 is 15.5 Å². The summed E-state index contributed by atoms with van der Waals surface area (Å²) >= 11 is 0. The Morgan fingerprint density at radius 2 is 2.00 bits per heavy atom. The summed E-state index contributed by atoms with van der Waals surface area (Å²) in [5, 5.41) is 6.56. The lowest BCUT2D eigenvalue weighted by molar-refractivity contribution is -0.125. The van der Waals surface area contributed by atoms with Crippen molar-refractivity contribution in [2.45, 2.75) is 25.7 Å². The van der Waals surface area contributed by atoms with E-state index in [1.807, 2.05) is 24.3 Å². The Bertz CT molecular complexity index is 692. The lowest BCUT2D eigenvalue weighted by Crippen LogP contribution is -2.43. The Morgan fingerprint density at radius 1 is 1.22 bits per heavy atom. The topological polar surface area (TPSA) is 70.4 Å². The summed E-state index contributed by atoms with van der Waals surface area (Å²) in [5.74, 6) is 0.900. The third-order valence-electron chi connectivity index (χ3n) is 5.38. The van der Waals surface area contributed by atoms with E-state index in [9.17, 15) is 4.79 Å². The van der Waals surface area contributed by atoms with Crippen molar-refractivity contribution in [2.75, 3.05) is 37.6 Å². The normalized spacial score (nSPS) is 20.6. The largest absolute Gasteiger partial charge is 0.423 e. The highest BCUT2D eigenvalue weighted by atomic mass is 35.5. The second-order valence-corrected chi connectivity index (χ2v) is 7.18. The summed E-state index contributed by atoms with van der Waals surface area (Å²) in [5.41, 5.74) is 1.71. The zero-order chi connectivity index (χ0) is 17.1. The maximum Gasteiger partial charge on any atom is 0.298 e. The van der Waals surface area contributed by atoms with Crippen LogP contribution >= 0.6 is 24.8 Å². The van der Waals surface area contributed by atoms with Gasteiger partial charge in [-0.1, -0.05) is 12.1 Å². The predicted octanol–water partition coefficient (Wildman–Crippen LogP) is 3.00. The fourth-order valence-corrected chi connectivity index (χ4v) is 3.82. The van der Waals surface area contributed by atoms with Crippen LogP contribution in [0, 0.1) is 11.8 Å². The molecule has 8 heteroatoms. The van der Waals surface area contributed by atoms with Crippen molar-refractivity contribution in [1.29, 1.82) is 0 Å². The van der Waals surface area contributed by atoms with Crippen LogP contribution in [0.4, 0.5) is 6.01 Å². The molecule has 0 aliphatic carbocycles. The van der Waals surface area contributed by atoms with Gasteiger partial charge in [-0.05, 0) is 56.8 Å². The van der Waals surface area contributed by atoms with Crippen LogP contribution in [0.25, 0.3) is 11.1 Å². The molecule has 1 atom stereocenters. The van der Waals surface area contributed by atoms with Crippen molar-refractivity contribution in [3.63, 3.8) is 0 Å². The summed E-state index contributed by atoms with van der Waals surface area (Å²) < 4.78 is 5.84. The number of hydrogen-bond donors (Lipinski definition) is 2. The number of para-hydroxylation sites is 2. The van der Waals surface area contributed by atoms with E-state index in [1.54, 1.807) is 0 Å². The van der Waals surface area contributed by atoms with E-state index in [0.29, 0.717) is 11.9 Å². The van der Waals surface area contributed by atoms with Gasteiger partial charge in [0.1, 0.15) is 5.52 Å². The lowest BCUT2D eigenvalue weighted by Gasteiger charge is -2.30. The molecule has 2 aliphatic heterocycles. The highest BCUT2D eigenvalue weighted by molar-refractivity contribution is 5.85. The minimum absolute atomic E-state index is 0. The standard InChI is InChI=1S/C19H26N4O2.2ClH/c24-18(21-13-14-4-3-9-20-12-14)15-7-10-23(11-8-15)19-22-16-5-1-2-6-17(16)25-19;;/h1-2,5-6,14-15,20H,3-4,7-13H2,(H,21,24);2*1H. The molecule has 0 bridgehead atoms. The summed E-state index contributed by atoms with van der Waals surface area (Å²) in [6, 6.07) is 8.49. The molecule has 0 spiro atoms. The minimum Gasteiger partial charge on any atom is -0.423 e. The van der Waals surface area contributed by atoms with Crippen LogP contribution in [0.5, 0.6) is 0 Å². The van der Waals surface area contributed by atoms with Gasteiger partial charge in [0.15, 0.2) is 5.58 Å². The molecular formula is C19H28Cl2N4O2. The summed E-state index contributed by atoms with van der Waals surface area (Å²) in [6.07, 6.45) is 4.13. The number of halogens is 2. The average Bonchev–Trinajstić information content (AvgIpc) is 3.11. The van der Waals surface area contributed by atoms with E-state index in [4.69, 9.17) is 4.42 Å². The first-order valence-corrected chi connectivity index (χ1v) is 9.38. The van der Waals surface area contributed by atoms with Gasteiger partial charge in [0, 0.05) is 25.6 Å². The zero-order valence-electron chi connectivity index (χ0n) is 15.4. The molecule has 1 amide bonds. The van der Waals surface area contributed by atoms with E-state index in [1.165, 1.54) is 12.8 Å². The second-order valence-electron chi connectivity index (χ2n) is 7.18. The van der Waals surface area contributed by atoms with E-state index >= 15 is 0 Å². The van der Waals surface area contributed by atoms with Gasteiger partial charge in [-0.25, -0.2) is 0 Å². The monoisotopic (exact) mass is 414 g/mol. The van der Waals surface area contributed by atoms with E-state index < -0.39 is 0 Å². The van der Waals surface area contributed by atoms with Gasteiger partial charge in [-0.15, -0.1) is 24.8 Å². The number of benzene rings is 1. The Balaban J connectivity index is 0.00000131. The van der Waals surface area contributed by atoms with Crippen molar-refractivity contribution in [2.24, 2.45) is 11.8 Å². The van der Waals surface area contributed by atoms with Gasteiger partial charge >= 0.3 is 0 Å². The molecular weight excluding hydrogens is 387 g/mol. The molecule has 150 valence electrons. The van der Waals surface area contributed by atoms with Crippen LogP contribution in [0.2, 0.25) is 0 Å². The molecule has 2 saturated heterocycles. The van der Waals surface area contributed by atoms with Crippen molar-refractivity contribution in [1.82, 2.24) is 15.6 Å². The molecule has 27 heavy (non-hydrogen) atoms. The number of nitrogens with one attached hydrogen (secondary N) is 2. The average molecular weight is 415 g/mol. The lowest BCUT2D eigenvalue weighted by atomic mass is 9.95. The van der Waals surface area contributed by atoms with Crippen LogP contribution in [0.3, 0.4) is 0 Å². The Hall–Kier alpha value is -1.50. The maximum absolute atomic E-state index is 12.4. The van der Waals surface area contributed by atoms with Crippen LogP contribution in [-0.4, -0.2) is 43.6 Å². The van der Waals surface area contributed by atoms with Gasteiger partial charge in [0.2, 0.25) is 5.91 Å². The van der Waals surface area contributed by atoms with Crippen LogP contribution in [-0.2, 0) is 4.79 Å². The number of anilines is 1. The SMILES string of the molecule is Cl.Cl.O=C(NCC1CCCNC1)C1CCN(c2nc3ccccc3o2)CC1. The Morgan fingerprint density at radius 3 is 2.70 bits per heavy atom. The van der Waals surface area contributed by atoms with Gasteiger partial charge < -0.3 is 20.0 Å². The number of hydrogen-bond acceptors (Lipinski definition) is 5. The van der Waals surface area contributed by atoms with Crippen LogP contribution in [0.15, 0.2) is 28.7 Å². The highest BCUT2D eigenvalue weighted by Crippen LogP contribution is 2.26. The number of carbonyl (C=O) groups excluding carboxylic acids is 1. The molecule has 0 radical (unpaired) electrons. The molecule has 2 aromatic rings. The molecule has 1 unspecified atom stereocenters. The van der Waals surface area contributed by atoms with E-state index in [0.717, 1.165) is 56.7 Å². The van der Waals surface area contributed by atoms with Gasteiger partial charge in [-0.3, -0.25) is 4.79 Å². The fraction of sp³-hybridized carbons (Fsp3) is 0.579. The summed E-state index contributed by atoms with van der Waals surface area (Å²) in [6.45, 7) is 4.57. The smallest absolute Gasteiger partial charge is 0.298 e. The number of carbonyl (C=O) groups is 1. The van der Waals surface area contributed by atoms with Gasteiger partial charge in [0.25, 0.3) is 6.01 Å². The minimum atomic E-state index is 0. The highest BCUT2D eigenvalue weighted by Gasteiger charge is 2.27. The second kappa shape index (κ2) is 10.2. The molecule has 1 aromatic carbocycles. The summed E-state index contributed by atoms with van der Waals surface area (Å²) in [4.78, 5) is 19.1. The molecule has 4 rings (SSSR count). The van der Waals surface area contributed by atoms with E-state index in [2.05, 4.69) is 20.5 Å². The molecule has 3 heterocycles. The molecule has 6 nitrogen and oxygen atoms in total. The first-order valence-electron chi connectivity index (χ1n) is 9.38. The Kier molecular flexibility index (Phi) is 8.20. The Labute approximate surface area is 172 Å². The summed E-state index contributed by atoms with van der Waals surface area (Å²) in [7, 11) is 0. The molecule has 2 N–H and O–H groups in total. The van der Waals surface area contributed by atoms with Crippen LogP contribution in [0.1, 0.15) is 25.7 Å². The fourth-order valence-electron chi connectivity index (χ4n) is 3.82. The number of fused-ring (bicyclic) bond motifs is 1. The maximum atomic E-state index is 12.4. The number of oxazole rings is 1. The molecule has 2 fully saturated rings. The molecule has 0 saturated carbocycles. The van der Waals surface area contributed by atoms with Crippen molar-refractivity contribution in [3.8, 4) is 0 Å². The zero-order valence-corrected chi connectivity index (χ0v) is 17.0. The van der Waals surface area contributed by atoms with E-state index in [-0.39, 0.29) is 36.6 Å². The number of rotatable bonds is 4. The number of amides is 1. The number of nitrogens with zero attached hydrogens (tertiary/aromatic N) is 2. The van der Waals surface area contributed by atoms with Gasteiger partial charge in [-0.2, -0.15) is 4.98 Å². The predicted molar refractivity (Wildman–Crippen MR) is 112 cm³/mol. The number of aromatic nitrogens is 1.